The van der Waals surface area contributed by atoms with Crippen molar-refractivity contribution in [2.24, 2.45) is 0 Å². The topological polar surface area (TPSA) is 49.3 Å². The quantitative estimate of drug-likeness (QED) is 0.699. The molecule has 0 aliphatic carbocycles. The van der Waals surface area contributed by atoms with E-state index in [9.17, 15) is 9.90 Å². The molecule has 3 nitrogen and oxygen atoms in total. The first-order valence-corrected chi connectivity index (χ1v) is 6.80. The number of nitrogens with one attached hydrogen (secondary N) is 1. The van der Waals surface area contributed by atoms with Gasteiger partial charge in [-0.2, -0.15) is 0 Å². The zero-order valence-corrected chi connectivity index (χ0v) is 14.8. The Bertz CT molecular complexity index is 819. The number of carbonyl (C=O) groups excluding carboxylic acids is 1. The number of phenolic OH excluding ortho intramolecular Hbond substituents is 1. The molecule has 0 heterocycles. The maximum absolute atomic E-state index is 12.3. The largest absolute Gasteiger partial charge is 0.507 e. The van der Waals surface area contributed by atoms with E-state index in [-0.39, 0.29) is 46.8 Å². The third kappa shape index (κ3) is 3.62. The van der Waals surface area contributed by atoms with Crippen LogP contribution in [0.2, 0.25) is 5.02 Å². The van der Waals surface area contributed by atoms with Gasteiger partial charge in [-0.25, -0.2) is 0 Å². The van der Waals surface area contributed by atoms with E-state index in [0.29, 0.717) is 10.7 Å². The van der Waals surface area contributed by atoms with Crippen molar-refractivity contribution >= 4 is 63.5 Å². The van der Waals surface area contributed by atoms with Crippen LogP contribution < -0.4 is 5.32 Å². The van der Waals surface area contributed by atoms with E-state index < -0.39 is 0 Å². The standard InChI is InChI=1S/C17H12ClNO2.Na/c18-13-5-7-14(8-6-13)19-17(21)15-9-11-3-1-2-4-12(11)10-16(15)20;/h1-10,20H,(H,19,21);. The number of fused-ring (bicyclic) bond motifs is 1. The summed E-state index contributed by atoms with van der Waals surface area (Å²) in [6.07, 6.45) is 0. The molecule has 0 aromatic heterocycles. The van der Waals surface area contributed by atoms with Crippen molar-refractivity contribution in [1.29, 1.82) is 0 Å². The number of aromatic hydroxyl groups is 1. The molecule has 3 aromatic rings. The first-order chi connectivity index (χ1) is 10.1. The van der Waals surface area contributed by atoms with Crippen LogP contribution in [0.25, 0.3) is 10.8 Å². The molecule has 22 heavy (non-hydrogen) atoms. The zero-order valence-electron chi connectivity index (χ0n) is 12.0. The van der Waals surface area contributed by atoms with Crippen molar-refractivity contribution in [3.8, 4) is 5.75 Å². The molecule has 0 saturated carbocycles. The van der Waals surface area contributed by atoms with Crippen LogP contribution in [0.3, 0.4) is 0 Å². The maximum atomic E-state index is 12.3. The number of benzene rings is 3. The van der Waals surface area contributed by atoms with Crippen LogP contribution in [0.5, 0.6) is 5.75 Å². The van der Waals surface area contributed by atoms with E-state index in [1.54, 1.807) is 36.4 Å². The number of hydrogen-bond donors (Lipinski definition) is 2. The summed E-state index contributed by atoms with van der Waals surface area (Å²) in [4.78, 5) is 12.3. The van der Waals surface area contributed by atoms with E-state index in [1.807, 2.05) is 24.3 Å². The Hall–Kier alpha value is -1.52. The second kappa shape index (κ2) is 7.16. The number of carbonyl (C=O) groups is 1. The van der Waals surface area contributed by atoms with Gasteiger partial charge in [-0.1, -0.05) is 35.9 Å². The third-order valence-electron chi connectivity index (χ3n) is 3.21. The molecule has 0 aliphatic rings. The SMILES string of the molecule is O=C(Nc1ccc(Cl)cc1)c1cc2ccccc2cc1O.[Na]. The summed E-state index contributed by atoms with van der Waals surface area (Å²) in [6.45, 7) is 0. The van der Waals surface area contributed by atoms with E-state index in [0.717, 1.165) is 10.8 Å². The summed E-state index contributed by atoms with van der Waals surface area (Å²) in [5.74, 6) is -0.402. The Morgan fingerprint density at radius 3 is 2.18 bits per heavy atom. The van der Waals surface area contributed by atoms with Crippen LogP contribution in [-0.2, 0) is 0 Å². The molecule has 2 N–H and O–H groups in total. The van der Waals surface area contributed by atoms with Crippen LogP contribution >= 0.6 is 11.6 Å². The van der Waals surface area contributed by atoms with E-state index in [4.69, 9.17) is 11.6 Å². The number of halogens is 1. The zero-order chi connectivity index (χ0) is 14.8. The molecule has 0 fully saturated rings. The molecule has 0 unspecified atom stereocenters. The van der Waals surface area contributed by atoms with Crippen molar-refractivity contribution in [2.75, 3.05) is 5.32 Å². The fourth-order valence-electron chi connectivity index (χ4n) is 2.14. The van der Waals surface area contributed by atoms with Crippen LogP contribution in [0, 0.1) is 0 Å². The summed E-state index contributed by atoms with van der Waals surface area (Å²) >= 11 is 5.80. The number of phenols is 1. The number of anilines is 1. The van der Waals surface area contributed by atoms with Crippen LogP contribution in [-0.4, -0.2) is 40.6 Å². The van der Waals surface area contributed by atoms with Gasteiger partial charge in [0.25, 0.3) is 5.91 Å². The smallest absolute Gasteiger partial charge is 0.259 e. The minimum absolute atomic E-state index is 0. The van der Waals surface area contributed by atoms with Gasteiger partial charge in [-0.15, -0.1) is 0 Å². The van der Waals surface area contributed by atoms with Gasteiger partial charge >= 0.3 is 0 Å². The van der Waals surface area contributed by atoms with Crippen LogP contribution in [0.4, 0.5) is 5.69 Å². The van der Waals surface area contributed by atoms with Gasteiger partial charge in [0.15, 0.2) is 0 Å². The molecule has 105 valence electrons. The van der Waals surface area contributed by atoms with Gasteiger partial charge < -0.3 is 10.4 Å². The molecule has 5 heteroatoms. The van der Waals surface area contributed by atoms with E-state index >= 15 is 0 Å². The van der Waals surface area contributed by atoms with Crippen LogP contribution in [0.1, 0.15) is 10.4 Å². The van der Waals surface area contributed by atoms with Gasteiger partial charge in [0, 0.05) is 40.3 Å². The molecule has 1 amide bonds. The molecule has 0 atom stereocenters. The second-order valence-electron chi connectivity index (χ2n) is 4.68. The second-order valence-corrected chi connectivity index (χ2v) is 5.11. The molecular weight excluding hydrogens is 309 g/mol. The minimum atomic E-state index is -0.361. The Balaban J connectivity index is 0.00000176. The van der Waals surface area contributed by atoms with Gasteiger partial charge in [0.1, 0.15) is 5.75 Å². The van der Waals surface area contributed by atoms with Crippen molar-refractivity contribution in [2.45, 2.75) is 0 Å². The first-order valence-electron chi connectivity index (χ1n) is 6.42. The number of rotatable bonds is 2. The maximum Gasteiger partial charge on any atom is 0.259 e. The van der Waals surface area contributed by atoms with Gasteiger partial charge in [-0.05, 0) is 47.2 Å². The molecule has 0 bridgehead atoms. The average molecular weight is 321 g/mol. The fourth-order valence-corrected chi connectivity index (χ4v) is 2.27. The van der Waals surface area contributed by atoms with Gasteiger partial charge in [0.2, 0.25) is 0 Å². The summed E-state index contributed by atoms with van der Waals surface area (Å²) in [5, 5.41) is 15.1. The minimum Gasteiger partial charge on any atom is -0.507 e. The third-order valence-corrected chi connectivity index (χ3v) is 3.46. The summed E-state index contributed by atoms with van der Waals surface area (Å²) in [5.41, 5.74) is 0.862. The number of hydrogen-bond acceptors (Lipinski definition) is 2. The molecule has 3 aromatic carbocycles. The van der Waals surface area contributed by atoms with Crippen molar-refractivity contribution in [3.05, 3.63) is 71.2 Å². The fraction of sp³-hybridized carbons (Fsp3) is 0. The van der Waals surface area contributed by atoms with Crippen LogP contribution in [0.15, 0.2) is 60.7 Å². The molecule has 3 rings (SSSR count). The summed E-state index contributed by atoms with van der Waals surface area (Å²) in [7, 11) is 0. The van der Waals surface area contributed by atoms with Gasteiger partial charge in [-0.3, -0.25) is 4.79 Å². The predicted octanol–water partition coefficient (Wildman–Crippen LogP) is 4.07. The Morgan fingerprint density at radius 1 is 0.955 bits per heavy atom. The average Bonchev–Trinajstić information content (AvgIpc) is 2.49. The Labute approximate surface area is 155 Å². The first kappa shape index (κ1) is 16.8. The van der Waals surface area contributed by atoms with Crippen molar-refractivity contribution < 1.29 is 9.90 Å². The molecule has 1 radical (unpaired) electrons. The Morgan fingerprint density at radius 2 is 1.55 bits per heavy atom. The predicted molar refractivity (Wildman–Crippen MR) is 90.8 cm³/mol. The summed E-state index contributed by atoms with van der Waals surface area (Å²) in [6, 6.07) is 17.6. The monoisotopic (exact) mass is 320 g/mol. The molecule has 0 saturated heterocycles. The summed E-state index contributed by atoms with van der Waals surface area (Å²) < 4.78 is 0. The van der Waals surface area contributed by atoms with Gasteiger partial charge in [0.05, 0.1) is 5.56 Å². The normalized spacial score (nSPS) is 10.0. The molecule has 0 spiro atoms. The molecule has 0 aliphatic heterocycles. The Kier molecular flexibility index (Phi) is 5.48. The van der Waals surface area contributed by atoms with E-state index in [2.05, 4.69) is 5.32 Å². The number of amides is 1. The van der Waals surface area contributed by atoms with Crippen molar-refractivity contribution in [3.63, 3.8) is 0 Å². The van der Waals surface area contributed by atoms with E-state index in [1.165, 1.54) is 0 Å². The van der Waals surface area contributed by atoms with Crippen molar-refractivity contribution in [1.82, 2.24) is 0 Å². The molecular formula is C17H12ClNNaO2.